The van der Waals surface area contributed by atoms with Crippen molar-refractivity contribution in [2.75, 3.05) is 31.1 Å². The number of aromatic carboxylic acids is 1. The first-order valence-corrected chi connectivity index (χ1v) is 14.6. The highest BCUT2D eigenvalue weighted by Crippen LogP contribution is 2.33. The smallest absolute Gasteiger partial charge is 0.416 e. The van der Waals surface area contributed by atoms with Crippen LogP contribution in [0.5, 0.6) is 0 Å². The van der Waals surface area contributed by atoms with Gasteiger partial charge in [-0.2, -0.15) is 13.2 Å². The molecule has 0 amide bonds. The second-order valence-corrected chi connectivity index (χ2v) is 11.2. The topological polar surface area (TPSA) is 114 Å². The molecule has 1 aliphatic rings. The first-order chi connectivity index (χ1) is 21.9. The zero-order valence-electron chi connectivity index (χ0n) is 25.0. The van der Waals surface area contributed by atoms with Crippen molar-refractivity contribution in [1.29, 1.82) is 0 Å². The van der Waals surface area contributed by atoms with Gasteiger partial charge in [0.2, 0.25) is 0 Å². The summed E-state index contributed by atoms with van der Waals surface area (Å²) < 4.78 is 58.5. The molecular formula is C33H33F4N5O4. The summed E-state index contributed by atoms with van der Waals surface area (Å²) in [5, 5.41) is 9.55. The van der Waals surface area contributed by atoms with Crippen LogP contribution in [0.25, 0.3) is 0 Å². The molecule has 0 unspecified atom stereocenters. The molecule has 0 saturated carbocycles. The number of anilines is 1. The molecule has 1 saturated heterocycles. The average Bonchev–Trinajstić information content (AvgIpc) is 3.03. The Morgan fingerprint density at radius 2 is 1.54 bits per heavy atom. The second kappa shape index (κ2) is 13.3. The Labute approximate surface area is 261 Å². The number of carboxylic acids is 1. The summed E-state index contributed by atoms with van der Waals surface area (Å²) in [5.74, 6) is -2.17. The lowest BCUT2D eigenvalue weighted by atomic mass is 10.1. The van der Waals surface area contributed by atoms with E-state index in [1.54, 1.807) is 53.4 Å². The summed E-state index contributed by atoms with van der Waals surface area (Å²) in [7, 11) is 0. The molecule has 13 heteroatoms. The molecular weight excluding hydrogens is 606 g/mol. The third-order valence-electron chi connectivity index (χ3n) is 8.33. The maximum Gasteiger partial charge on any atom is 0.416 e. The minimum absolute atomic E-state index is 0.0978. The van der Waals surface area contributed by atoms with Crippen LogP contribution in [-0.4, -0.2) is 51.3 Å². The number of carboxylic acid groups (broad SMARTS) is 1. The van der Waals surface area contributed by atoms with Crippen LogP contribution < -0.4 is 21.9 Å². The molecule has 9 nitrogen and oxygen atoms in total. The molecule has 2 heterocycles. The highest BCUT2D eigenvalue weighted by molar-refractivity contribution is 5.89. The van der Waals surface area contributed by atoms with E-state index in [9.17, 15) is 37.1 Å². The van der Waals surface area contributed by atoms with Gasteiger partial charge in [-0.15, -0.1) is 0 Å². The van der Waals surface area contributed by atoms with Crippen molar-refractivity contribution >= 4 is 11.7 Å². The minimum atomic E-state index is -4.88. The standard InChI is InChI=1S/C33H33F4N5O4/c1-21-29(40-16-14-39(15-17-40)18-23-10-5-6-11-24(23)31(44)45)30(43)42(20-28(38)22-8-3-2-4-9-22)32(46)41(21)19-25-26(33(35,36)37)12-7-13-27(25)34/h2-13,28H,14-20,38H2,1H3,(H,44,45)/t28-/m0/s1. The van der Waals surface area contributed by atoms with Crippen LogP contribution in [0.3, 0.4) is 0 Å². The number of aromatic nitrogens is 2. The van der Waals surface area contributed by atoms with Crippen molar-refractivity contribution in [3.8, 4) is 0 Å². The van der Waals surface area contributed by atoms with Gasteiger partial charge in [-0.05, 0) is 36.2 Å². The van der Waals surface area contributed by atoms with E-state index >= 15 is 0 Å². The third kappa shape index (κ3) is 6.75. The molecule has 1 atom stereocenters. The predicted octanol–water partition coefficient (Wildman–Crippen LogP) is 4.25. The fourth-order valence-corrected chi connectivity index (χ4v) is 5.88. The Hall–Kier alpha value is -4.75. The number of hydrogen-bond donors (Lipinski definition) is 2. The summed E-state index contributed by atoms with van der Waals surface area (Å²) in [6.45, 7) is 2.28. The lowest BCUT2D eigenvalue weighted by Gasteiger charge is -2.37. The van der Waals surface area contributed by atoms with Crippen LogP contribution in [-0.2, 0) is 25.8 Å². The van der Waals surface area contributed by atoms with Gasteiger partial charge in [0, 0.05) is 50.0 Å². The van der Waals surface area contributed by atoms with Crippen LogP contribution in [0.2, 0.25) is 0 Å². The van der Waals surface area contributed by atoms with E-state index in [4.69, 9.17) is 5.73 Å². The zero-order chi connectivity index (χ0) is 33.2. The van der Waals surface area contributed by atoms with Gasteiger partial charge >= 0.3 is 17.8 Å². The van der Waals surface area contributed by atoms with E-state index < -0.39 is 52.9 Å². The van der Waals surface area contributed by atoms with E-state index in [0.29, 0.717) is 43.9 Å². The first kappa shape index (κ1) is 32.6. The molecule has 1 aliphatic heterocycles. The van der Waals surface area contributed by atoms with Gasteiger partial charge in [-0.3, -0.25) is 18.8 Å². The highest BCUT2D eigenvalue weighted by Gasteiger charge is 2.35. The second-order valence-electron chi connectivity index (χ2n) is 11.2. The van der Waals surface area contributed by atoms with Gasteiger partial charge in [0.15, 0.2) is 0 Å². The number of carbonyl (C=O) groups is 1. The maximum atomic E-state index is 14.9. The molecule has 1 aromatic heterocycles. The van der Waals surface area contributed by atoms with Crippen LogP contribution >= 0.6 is 0 Å². The normalized spacial score (nSPS) is 14.8. The number of alkyl halides is 3. The molecule has 1 fully saturated rings. The summed E-state index contributed by atoms with van der Waals surface area (Å²) in [4.78, 5) is 43.3. The number of hydrogen-bond acceptors (Lipinski definition) is 6. The fourth-order valence-electron chi connectivity index (χ4n) is 5.88. The molecule has 4 aromatic rings. The van der Waals surface area contributed by atoms with Crippen LogP contribution in [0.15, 0.2) is 82.4 Å². The highest BCUT2D eigenvalue weighted by atomic mass is 19.4. The molecule has 0 spiro atoms. The van der Waals surface area contributed by atoms with Gasteiger partial charge in [-0.1, -0.05) is 54.6 Å². The molecule has 0 radical (unpaired) electrons. The third-order valence-corrected chi connectivity index (χ3v) is 8.33. The van der Waals surface area contributed by atoms with Crippen molar-refractivity contribution in [1.82, 2.24) is 14.0 Å². The number of piperazine rings is 1. The van der Waals surface area contributed by atoms with E-state index in [-0.39, 0.29) is 23.5 Å². The molecule has 3 aromatic carbocycles. The molecule has 0 bridgehead atoms. The number of halogens is 4. The van der Waals surface area contributed by atoms with E-state index in [2.05, 4.69) is 0 Å². The Bertz CT molecular complexity index is 1850. The SMILES string of the molecule is Cc1c(N2CCN(Cc3ccccc3C(=O)O)CC2)c(=O)n(C[C@H](N)c2ccccc2)c(=O)n1Cc1c(F)cccc1C(F)(F)F. The summed E-state index contributed by atoms with van der Waals surface area (Å²) in [6, 6.07) is 17.3. The number of benzene rings is 3. The lowest BCUT2D eigenvalue weighted by Crippen LogP contribution is -2.51. The molecule has 5 rings (SSSR count). The molecule has 0 aliphatic carbocycles. The van der Waals surface area contributed by atoms with Gasteiger partial charge in [0.25, 0.3) is 5.56 Å². The van der Waals surface area contributed by atoms with Gasteiger partial charge < -0.3 is 15.7 Å². The Morgan fingerprint density at radius 1 is 0.891 bits per heavy atom. The predicted molar refractivity (Wildman–Crippen MR) is 164 cm³/mol. The van der Waals surface area contributed by atoms with E-state index in [1.807, 2.05) is 4.90 Å². The van der Waals surface area contributed by atoms with E-state index in [1.165, 1.54) is 13.0 Å². The van der Waals surface area contributed by atoms with Crippen molar-refractivity contribution in [3.63, 3.8) is 0 Å². The van der Waals surface area contributed by atoms with Crippen LogP contribution in [0.1, 0.15) is 44.3 Å². The van der Waals surface area contributed by atoms with Gasteiger partial charge in [-0.25, -0.2) is 14.0 Å². The molecule has 46 heavy (non-hydrogen) atoms. The van der Waals surface area contributed by atoms with Crippen molar-refractivity contribution in [3.05, 3.63) is 133 Å². The number of rotatable bonds is 9. The number of nitrogens with zero attached hydrogens (tertiary/aromatic N) is 4. The first-order valence-electron chi connectivity index (χ1n) is 14.6. The van der Waals surface area contributed by atoms with Gasteiger partial charge in [0.05, 0.1) is 24.2 Å². The lowest BCUT2D eigenvalue weighted by molar-refractivity contribution is -0.138. The summed E-state index contributed by atoms with van der Waals surface area (Å²) in [5.41, 5.74) is 4.57. The van der Waals surface area contributed by atoms with Crippen molar-refractivity contribution < 1.29 is 27.5 Å². The van der Waals surface area contributed by atoms with E-state index in [0.717, 1.165) is 27.3 Å². The quantitative estimate of drug-likeness (QED) is 0.264. The fraction of sp³-hybridized carbons (Fsp3) is 0.303. The van der Waals surface area contributed by atoms with Crippen LogP contribution in [0.4, 0.5) is 23.2 Å². The minimum Gasteiger partial charge on any atom is -0.478 e. The largest absolute Gasteiger partial charge is 0.478 e. The average molecular weight is 640 g/mol. The maximum absolute atomic E-state index is 14.9. The Morgan fingerprint density at radius 3 is 2.20 bits per heavy atom. The molecule has 242 valence electrons. The molecule has 3 N–H and O–H groups in total. The summed E-state index contributed by atoms with van der Waals surface area (Å²) in [6.07, 6.45) is -4.88. The zero-order valence-corrected chi connectivity index (χ0v) is 25.0. The monoisotopic (exact) mass is 639 g/mol. The Kier molecular flexibility index (Phi) is 9.44. The van der Waals surface area contributed by atoms with Crippen LogP contribution in [0, 0.1) is 12.7 Å². The van der Waals surface area contributed by atoms with Crippen molar-refractivity contribution in [2.45, 2.75) is 38.8 Å². The van der Waals surface area contributed by atoms with Gasteiger partial charge in [0.1, 0.15) is 11.5 Å². The Balaban J connectivity index is 1.53. The van der Waals surface area contributed by atoms with Crippen molar-refractivity contribution in [2.24, 2.45) is 5.73 Å². The summed E-state index contributed by atoms with van der Waals surface area (Å²) >= 11 is 0. The number of nitrogens with two attached hydrogens (primary N) is 1.